The Labute approximate surface area is 171 Å². The predicted molar refractivity (Wildman–Crippen MR) is 108 cm³/mol. The average Bonchev–Trinajstić information content (AvgIpc) is 3.28. The van der Waals surface area contributed by atoms with Gasteiger partial charge in [0.05, 0.1) is 12.7 Å². The van der Waals surface area contributed by atoms with Crippen LogP contribution in [0.25, 0.3) is 5.76 Å². The molecule has 1 atom stereocenters. The number of aryl methyl sites for hydroxylation is 1. The summed E-state index contributed by atoms with van der Waals surface area (Å²) in [6.45, 7) is 1.72. The number of ether oxygens (including phenoxy) is 1. The predicted octanol–water partition coefficient (Wildman–Crippen LogP) is 4.36. The van der Waals surface area contributed by atoms with Crippen molar-refractivity contribution in [1.29, 1.82) is 0 Å². The molecular formula is C23H18FNO5. The Balaban J connectivity index is 1.91. The van der Waals surface area contributed by atoms with Crippen molar-refractivity contribution in [1.82, 2.24) is 0 Å². The van der Waals surface area contributed by atoms with E-state index in [1.807, 2.05) is 0 Å². The third-order valence-electron chi connectivity index (χ3n) is 4.92. The van der Waals surface area contributed by atoms with Gasteiger partial charge < -0.3 is 14.3 Å². The van der Waals surface area contributed by atoms with Gasteiger partial charge in [-0.05, 0) is 61.5 Å². The molecule has 1 aliphatic heterocycles. The quantitative estimate of drug-likeness (QED) is 0.395. The Kier molecular flexibility index (Phi) is 4.87. The van der Waals surface area contributed by atoms with Crippen LogP contribution in [0.3, 0.4) is 0 Å². The Morgan fingerprint density at radius 1 is 1.10 bits per heavy atom. The van der Waals surface area contributed by atoms with E-state index in [2.05, 4.69) is 0 Å². The van der Waals surface area contributed by atoms with Crippen LogP contribution >= 0.6 is 0 Å². The Morgan fingerprint density at radius 3 is 2.43 bits per heavy atom. The highest BCUT2D eigenvalue weighted by atomic mass is 19.1. The summed E-state index contributed by atoms with van der Waals surface area (Å²) < 4.78 is 24.7. The summed E-state index contributed by atoms with van der Waals surface area (Å²) in [6, 6.07) is 14.0. The van der Waals surface area contributed by atoms with Crippen LogP contribution in [0.4, 0.5) is 10.1 Å². The maximum absolute atomic E-state index is 13.9. The minimum Gasteiger partial charge on any atom is -0.507 e. The number of methoxy groups -OCH3 is 1. The van der Waals surface area contributed by atoms with Crippen molar-refractivity contribution < 1.29 is 28.2 Å². The smallest absolute Gasteiger partial charge is 0.300 e. The molecule has 30 heavy (non-hydrogen) atoms. The molecule has 1 unspecified atom stereocenters. The first-order valence-electron chi connectivity index (χ1n) is 9.18. The number of amides is 1. The number of halogens is 1. The van der Waals surface area contributed by atoms with E-state index in [0.717, 1.165) is 11.0 Å². The van der Waals surface area contributed by atoms with Crippen molar-refractivity contribution in [2.24, 2.45) is 0 Å². The largest absolute Gasteiger partial charge is 0.507 e. The fourth-order valence-electron chi connectivity index (χ4n) is 3.50. The lowest BCUT2D eigenvalue weighted by Gasteiger charge is -2.23. The highest BCUT2D eigenvalue weighted by Crippen LogP contribution is 2.42. The third-order valence-corrected chi connectivity index (χ3v) is 4.92. The molecule has 6 nitrogen and oxygen atoms in total. The normalized spacial score (nSPS) is 18.1. The van der Waals surface area contributed by atoms with Crippen LogP contribution in [0, 0.1) is 12.7 Å². The SMILES string of the molecule is COc1ccc(/C(O)=C2/C(=O)C(=O)N(c3cccc(F)c3)C2c2ccc(C)o2)cc1. The number of rotatable bonds is 4. The van der Waals surface area contributed by atoms with Crippen LogP contribution in [0.5, 0.6) is 5.75 Å². The van der Waals surface area contributed by atoms with Crippen molar-refractivity contribution >= 4 is 23.1 Å². The average molecular weight is 407 g/mol. The first-order valence-corrected chi connectivity index (χ1v) is 9.18. The van der Waals surface area contributed by atoms with Gasteiger partial charge in [0.1, 0.15) is 34.9 Å². The first kappa shape index (κ1) is 19.4. The van der Waals surface area contributed by atoms with E-state index in [1.54, 1.807) is 43.3 Å². The number of hydrogen-bond acceptors (Lipinski definition) is 5. The van der Waals surface area contributed by atoms with Crippen molar-refractivity contribution in [2.75, 3.05) is 12.0 Å². The molecule has 0 bridgehead atoms. The Hall–Kier alpha value is -3.87. The molecule has 0 aliphatic carbocycles. The van der Waals surface area contributed by atoms with Gasteiger partial charge in [0.25, 0.3) is 11.7 Å². The molecule has 0 radical (unpaired) electrons. The van der Waals surface area contributed by atoms with Crippen LogP contribution in [0.15, 0.2) is 70.7 Å². The van der Waals surface area contributed by atoms with Gasteiger partial charge in [0.2, 0.25) is 0 Å². The minimum absolute atomic E-state index is 0.135. The molecule has 1 aromatic heterocycles. The van der Waals surface area contributed by atoms with Crippen molar-refractivity contribution in [2.45, 2.75) is 13.0 Å². The number of carbonyl (C=O) groups excluding carboxylic acids is 2. The zero-order valence-electron chi connectivity index (χ0n) is 16.3. The maximum Gasteiger partial charge on any atom is 0.300 e. The summed E-state index contributed by atoms with van der Waals surface area (Å²) in [5.74, 6) is -1.25. The molecule has 1 fully saturated rings. The summed E-state index contributed by atoms with van der Waals surface area (Å²) in [7, 11) is 1.51. The topological polar surface area (TPSA) is 80.0 Å². The zero-order chi connectivity index (χ0) is 21.4. The molecule has 4 rings (SSSR count). The number of ketones is 1. The van der Waals surface area contributed by atoms with Gasteiger partial charge in [0, 0.05) is 11.3 Å². The summed E-state index contributed by atoms with van der Waals surface area (Å²) in [6.07, 6.45) is 0. The van der Waals surface area contributed by atoms with Gasteiger partial charge >= 0.3 is 0 Å². The number of furan rings is 1. The van der Waals surface area contributed by atoms with E-state index < -0.39 is 23.5 Å². The zero-order valence-corrected chi connectivity index (χ0v) is 16.3. The van der Waals surface area contributed by atoms with Crippen molar-refractivity contribution in [3.8, 4) is 5.75 Å². The first-order chi connectivity index (χ1) is 14.4. The van der Waals surface area contributed by atoms with Gasteiger partial charge in [-0.25, -0.2) is 4.39 Å². The fourth-order valence-corrected chi connectivity index (χ4v) is 3.50. The van der Waals surface area contributed by atoms with Gasteiger partial charge in [-0.3, -0.25) is 14.5 Å². The monoisotopic (exact) mass is 407 g/mol. The number of hydrogen-bond donors (Lipinski definition) is 1. The molecule has 1 N–H and O–H groups in total. The molecule has 1 aliphatic rings. The van der Waals surface area contributed by atoms with E-state index >= 15 is 0 Å². The van der Waals surface area contributed by atoms with Crippen LogP contribution in [0.2, 0.25) is 0 Å². The lowest BCUT2D eigenvalue weighted by atomic mass is 9.99. The maximum atomic E-state index is 13.9. The molecule has 3 aromatic rings. The number of Topliss-reactive ketones (excluding diaryl/α,β-unsaturated/α-hetero) is 1. The second-order valence-electron chi connectivity index (χ2n) is 6.83. The van der Waals surface area contributed by atoms with Crippen LogP contribution in [-0.4, -0.2) is 23.9 Å². The standard InChI is InChI=1S/C23H18FNO5/c1-13-6-11-18(30-13)20-19(21(26)14-7-9-17(29-2)10-8-14)22(27)23(28)25(20)16-5-3-4-15(24)12-16/h3-12,20,26H,1-2H3/b21-19-. The van der Waals surface area contributed by atoms with Gasteiger partial charge in [-0.2, -0.15) is 0 Å². The molecule has 152 valence electrons. The van der Waals surface area contributed by atoms with E-state index in [0.29, 0.717) is 17.1 Å². The van der Waals surface area contributed by atoms with E-state index in [-0.39, 0.29) is 22.8 Å². The van der Waals surface area contributed by atoms with Gasteiger partial charge in [-0.15, -0.1) is 0 Å². The van der Waals surface area contributed by atoms with Gasteiger partial charge in [-0.1, -0.05) is 6.07 Å². The molecule has 1 saturated heterocycles. The summed E-state index contributed by atoms with van der Waals surface area (Å²) in [4.78, 5) is 27.0. The highest BCUT2D eigenvalue weighted by Gasteiger charge is 2.48. The van der Waals surface area contributed by atoms with Crippen LogP contribution in [0.1, 0.15) is 23.1 Å². The van der Waals surface area contributed by atoms with Gasteiger partial charge in [0.15, 0.2) is 0 Å². The van der Waals surface area contributed by atoms with Crippen LogP contribution < -0.4 is 9.64 Å². The number of aliphatic hydroxyl groups is 1. The molecular weight excluding hydrogens is 389 g/mol. The Bertz CT molecular complexity index is 1160. The Morgan fingerprint density at radius 2 is 1.83 bits per heavy atom. The van der Waals surface area contributed by atoms with Crippen molar-refractivity contribution in [3.63, 3.8) is 0 Å². The second-order valence-corrected chi connectivity index (χ2v) is 6.83. The minimum atomic E-state index is -1.04. The van der Waals surface area contributed by atoms with Crippen LogP contribution in [-0.2, 0) is 9.59 Å². The number of carbonyl (C=O) groups is 2. The molecule has 1 amide bonds. The molecule has 2 heterocycles. The summed E-state index contributed by atoms with van der Waals surface area (Å²) in [5, 5.41) is 11.0. The van der Waals surface area contributed by atoms with E-state index in [4.69, 9.17) is 9.15 Å². The number of benzene rings is 2. The van der Waals surface area contributed by atoms with Crippen molar-refractivity contribution in [3.05, 3.63) is 89.1 Å². The molecule has 0 saturated carbocycles. The lowest BCUT2D eigenvalue weighted by molar-refractivity contribution is -0.132. The van der Waals surface area contributed by atoms with E-state index in [9.17, 15) is 19.1 Å². The van der Waals surface area contributed by atoms with E-state index in [1.165, 1.54) is 25.3 Å². The number of anilines is 1. The molecule has 0 spiro atoms. The number of nitrogens with zero attached hydrogens (tertiary/aromatic N) is 1. The highest BCUT2D eigenvalue weighted by molar-refractivity contribution is 6.51. The summed E-state index contributed by atoms with van der Waals surface area (Å²) >= 11 is 0. The third kappa shape index (κ3) is 3.24. The number of aliphatic hydroxyl groups excluding tert-OH is 1. The lowest BCUT2D eigenvalue weighted by Crippen LogP contribution is -2.29. The molecule has 2 aromatic carbocycles. The fraction of sp³-hybridized carbons (Fsp3) is 0.130. The second kappa shape index (κ2) is 7.51. The molecule has 7 heteroatoms. The summed E-state index contributed by atoms with van der Waals surface area (Å²) in [5.41, 5.74) is 0.384.